The van der Waals surface area contributed by atoms with Crippen LogP contribution in [0.5, 0.6) is 0 Å². The Kier molecular flexibility index (Phi) is 4.84. The highest BCUT2D eigenvalue weighted by molar-refractivity contribution is 5.84. The van der Waals surface area contributed by atoms with Crippen LogP contribution in [-0.4, -0.2) is 47.8 Å². The van der Waals surface area contributed by atoms with E-state index in [1.807, 2.05) is 6.92 Å². The van der Waals surface area contributed by atoms with Crippen LogP contribution in [0.4, 0.5) is 0 Å². The van der Waals surface area contributed by atoms with Gasteiger partial charge in [0.25, 0.3) is 0 Å². The maximum Gasteiger partial charge on any atom is 0.156 e. The molecule has 0 aromatic heterocycles. The third-order valence-electron chi connectivity index (χ3n) is 2.96. The number of hydrogen-bond donors (Lipinski definition) is 2. The summed E-state index contributed by atoms with van der Waals surface area (Å²) in [5.74, 6) is 0.259. The van der Waals surface area contributed by atoms with Gasteiger partial charge in [-0.1, -0.05) is 12.1 Å². The number of hydrogen-bond acceptors (Lipinski definition) is 4. The van der Waals surface area contributed by atoms with Gasteiger partial charge >= 0.3 is 0 Å². The lowest BCUT2D eigenvalue weighted by atomic mass is 10.2. The summed E-state index contributed by atoms with van der Waals surface area (Å²) in [4.78, 5) is 2.16. The number of ether oxygens (including phenoxy) is 1. The molecule has 1 aliphatic rings. The van der Waals surface area contributed by atoms with Gasteiger partial charge in [0.05, 0.1) is 12.1 Å². The molecule has 1 heterocycles. The van der Waals surface area contributed by atoms with Crippen LogP contribution in [0.2, 0.25) is 0 Å². The van der Waals surface area contributed by atoms with Gasteiger partial charge in [0.2, 0.25) is 0 Å². The van der Waals surface area contributed by atoms with Gasteiger partial charge in [-0.2, -0.15) is 0 Å². The molecule has 0 radical (unpaired) electrons. The molecule has 15 heavy (non-hydrogen) atoms. The number of nitrogens with zero attached hydrogens (tertiary/aromatic N) is 2. The minimum Gasteiger partial charge on any atom is -0.409 e. The summed E-state index contributed by atoms with van der Waals surface area (Å²) in [5, 5.41) is 11.7. The fourth-order valence-electron chi connectivity index (χ4n) is 1.88. The molecule has 0 aromatic carbocycles. The van der Waals surface area contributed by atoms with Crippen molar-refractivity contribution in [2.45, 2.75) is 38.8 Å². The number of amidine groups is 1. The van der Waals surface area contributed by atoms with Gasteiger partial charge in [-0.15, -0.1) is 0 Å². The van der Waals surface area contributed by atoms with E-state index in [-0.39, 0.29) is 11.9 Å². The molecule has 1 saturated heterocycles. The fourth-order valence-corrected chi connectivity index (χ4v) is 1.88. The van der Waals surface area contributed by atoms with Gasteiger partial charge in [0.1, 0.15) is 0 Å². The van der Waals surface area contributed by atoms with Crippen LogP contribution in [0.25, 0.3) is 0 Å². The van der Waals surface area contributed by atoms with Crippen molar-refractivity contribution in [1.29, 1.82) is 0 Å². The average molecular weight is 215 g/mol. The Morgan fingerprint density at radius 2 is 2.47 bits per heavy atom. The molecule has 1 aliphatic heterocycles. The molecule has 0 aromatic rings. The third-order valence-corrected chi connectivity index (χ3v) is 2.96. The Labute approximate surface area is 90.9 Å². The van der Waals surface area contributed by atoms with Crippen molar-refractivity contribution in [2.75, 3.05) is 19.7 Å². The summed E-state index contributed by atoms with van der Waals surface area (Å²) < 4.78 is 5.56. The van der Waals surface area contributed by atoms with Crippen LogP contribution in [-0.2, 0) is 4.74 Å². The van der Waals surface area contributed by atoms with Crippen LogP contribution in [0.1, 0.15) is 26.7 Å². The van der Waals surface area contributed by atoms with Crippen LogP contribution in [0, 0.1) is 0 Å². The van der Waals surface area contributed by atoms with Crippen molar-refractivity contribution in [3.63, 3.8) is 0 Å². The van der Waals surface area contributed by atoms with E-state index >= 15 is 0 Å². The lowest BCUT2D eigenvalue weighted by molar-refractivity contribution is 0.0701. The van der Waals surface area contributed by atoms with Crippen LogP contribution in [0.15, 0.2) is 5.16 Å². The van der Waals surface area contributed by atoms with E-state index in [1.54, 1.807) is 0 Å². The van der Waals surface area contributed by atoms with Crippen molar-refractivity contribution in [3.05, 3.63) is 0 Å². The van der Waals surface area contributed by atoms with Crippen LogP contribution in [0.3, 0.4) is 0 Å². The van der Waals surface area contributed by atoms with Gasteiger partial charge in [0.15, 0.2) is 5.84 Å². The highest BCUT2D eigenvalue weighted by atomic mass is 16.5. The average Bonchev–Trinajstić information content (AvgIpc) is 2.76. The first-order chi connectivity index (χ1) is 7.19. The summed E-state index contributed by atoms with van der Waals surface area (Å²) in [6.45, 7) is 6.59. The molecule has 0 saturated carbocycles. The second kappa shape index (κ2) is 5.92. The van der Waals surface area contributed by atoms with E-state index in [0.717, 1.165) is 32.5 Å². The molecule has 0 aliphatic carbocycles. The molecule has 0 amide bonds. The SMILES string of the molecule is CCN(CC1CCCO1)C(C)C(N)=NO. The predicted octanol–water partition coefficient (Wildman–Crippen LogP) is 0.622. The highest BCUT2D eigenvalue weighted by Gasteiger charge is 2.23. The standard InChI is InChI=1S/C10H21N3O2/c1-3-13(8(2)10(11)12-14)7-9-5-4-6-15-9/h8-9,14H,3-7H2,1-2H3,(H2,11,12). The molecule has 2 atom stereocenters. The summed E-state index contributed by atoms with van der Waals surface area (Å²) in [6, 6.07) is -0.0378. The fraction of sp³-hybridized carbons (Fsp3) is 0.900. The monoisotopic (exact) mass is 215 g/mol. The van der Waals surface area contributed by atoms with Gasteiger partial charge < -0.3 is 15.7 Å². The van der Waals surface area contributed by atoms with E-state index in [2.05, 4.69) is 17.0 Å². The first-order valence-corrected chi connectivity index (χ1v) is 5.52. The van der Waals surface area contributed by atoms with Crippen LogP contribution < -0.4 is 5.73 Å². The van der Waals surface area contributed by atoms with Crippen molar-refractivity contribution >= 4 is 5.84 Å². The molecule has 0 bridgehead atoms. The van der Waals surface area contributed by atoms with Gasteiger partial charge in [-0.05, 0) is 26.3 Å². The predicted molar refractivity (Wildman–Crippen MR) is 59.1 cm³/mol. The Hall–Kier alpha value is -0.810. The number of oxime groups is 1. The number of rotatable bonds is 5. The largest absolute Gasteiger partial charge is 0.409 e. The second-order valence-corrected chi connectivity index (χ2v) is 3.92. The Morgan fingerprint density at radius 1 is 1.73 bits per heavy atom. The van der Waals surface area contributed by atoms with E-state index < -0.39 is 0 Å². The van der Waals surface area contributed by atoms with Crippen molar-refractivity contribution in [2.24, 2.45) is 10.9 Å². The zero-order chi connectivity index (χ0) is 11.3. The van der Waals surface area contributed by atoms with Gasteiger partial charge in [0, 0.05) is 13.2 Å². The van der Waals surface area contributed by atoms with Gasteiger partial charge in [-0.3, -0.25) is 4.90 Å². The highest BCUT2D eigenvalue weighted by Crippen LogP contribution is 2.14. The van der Waals surface area contributed by atoms with E-state index in [1.165, 1.54) is 0 Å². The smallest absolute Gasteiger partial charge is 0.156 e. The summed E-state index contributed by atoms with van der Waals surface area (Å²) in [5.41, 5.74) is 5.58. The van der Waals surface area contributed by atoms with Gasteiger partial charge in [-0.25, -0.2) is 0 Å². The Morgan fingerprint density at radius 3 is 2.93 bits per heavy atom. The van der Waals surface area contributed by atoms with Crippen LogP contribution >= 0.6 is 0 Å². The number of nitrogens with two attached hydrogens (primary N) is 1. The zero-order valence-electron chi connectivity index (χ0n) is 9.52. The maximum absolute atomic E-state index is 8.62. The lowest BCUT2D eigenvalue weighted by Crippen LogP contribution is -2.45. The van der Waals surface area contributed by atoms with Crippen molar-refractivity contribution < 1.29 is 9.94 Å². The van der Waals surface area contributed by atoms with E-state index in [4.69, 9.17) is 15.7 Å². The minimum absolute atomic E-state index is 0.0378. The zero-order valence-corrected chi connectivity index (χ0v) is 9.52. The summed E-state index contributed by atoms with van der Waals surface area (Å²) >= 11 is 0. The first kappa shape index (κ1) is 12.3. The quantitative estimate of drug-likeness (QED) is 0.305. The molecule has 3 N–H and O–H groups in total. The van der Waals surface area contributed by atoms with E-state index in [9.17, 15) is 0 Å². The Balaban J connectivity index is 2.46. The second-order valence-electron chi connectivity index (χ2n) is 3.92. The molecular weight excluding hydrogens is 194 g/mol. The molecule has 1 rings (SSSR count). The van der Waals surface area contributed by atoms with Crippen molar-refractivity contribution in [3.8, 4) is 0 Å². The lowest BCUT2D eigenvalue weighted by Gasteiger charge is -2.28. The number of likely N-dealkylation sites (N-methyl/N-ethyl adjacent to an activating group) is 1. The minimum atomic E-state index is -0.0378. The molecule has 0 spiro atoms. The molecular formula is C10H21N3O2. The molecule has 5 heteroatoms. The topological polar surface area (TPSA) is 71.1 Å². The molecule has 5 nitrogen and oxygen atoms in total. The maximum atomic E-state index is 8.62. The third kappa shape index (κ3) is 3.35. The summed E-state index contributed by atoms with van der Waals surface area (Å²) in [7, 11) is 0. The van der Waals surface area contributed by atoms with Crippen molar-refractivity contribution in [1.82, 2.24) is 4.90 Å². The molecule has 2 unspecified atom stereocenters. The Bertz CT molecular complexity index is 215. The first-order valence-electron chi connectivity index (χ1n) is 5.52. The molecule has 1 fully saturated rings. The molecule has 88 valence electrons. The summed E-state index contributed by atoms with van der Waals surface area (Å²) in [6.07, 6.45) is 2.55. The normalized spacial score (nSPS) is 24.7. The van der Waals surface area contributed by atoms with E-state index in [0.29, 0.717) is 6.10 Å².